The van der Waals surface area contributed by atoms with E-state index in [0.717, 1.165) is 6.92 Å². The van der Waals surface area contributed by atoms with Crippen molar-refractivity contribution >= 4 is 23.3 Å². The number of ketones is 3. The van der Waals surface area contributed by atoms with Gasteiger partial charge in [0.05, 0.1) is 0 Å². The minimum Gasteiger partial charge on any atom is -0.458 e. The molecule has 166 valence electrons. The van der Waals surface area contributed by atoms with Gasteiger partial charge < -0.3 is 9.84 Å². The van der Waals surface area contributed by atoms with Crippen molar-refractivity contribution in [1.29, 1.82) is 0 Å². The van der Waals surface area contributed by atoms with E-state index in [9.17, 15) is 24.3 Å². The van der Waals surface area contributed by atoms with E-state index in [1.54, 1.807) is 13.8 Å². The first-order valence-electron chi connectivity index (χ1n) is 10.6. The van der Waals surface area contributed by atoms with Crippen molar-refractivity contribution in [2.45, 2.75) is 57.7 Å². The summed E-state index contributed by atoms with van der Waals surface area (Å²) in [4.78, 5) is 49.5. The summed E-state index contributed by atoms with van der Waals surface area (Å²) < 4.78 is 21.7. The van der Waals surface area contributed by atoms with Crippen LogP contribution in [-0.4, -0.2) is 46.3 Å². The predicted molar refractivity (Wildman–Crippen MR) is 108 cm³/mol. The molecule has 0 amide bonds. The van der Waals surface area contributed by atoms with Crippen molar-refractivity contribution in [1.82, 2.24) is 0 Å². The SMILES string of the molecule is C=C1C[C@H]2[C@@H]3CCC4=CC(=O)C=C[C@]4(C)[C@@]3(F)C(=O)C[C@]2(C)[C@@]1(O)C(=O)COC(C)=O. The Hall–Kier alpha value is -2.41. The van der Waals surface area contributed by atoms with Crippen LogP contribution in [0.2, 0.25) is 0 Å². The molecule has 4 aliphatic carbocycles. The third kappa shape index (κ3) is 2.52. The summed E-state index contributed by atoms with van der Waals surface area (Å²) in [7, 11) is 0. The van der Waals surface area contributed by atoms with Crippen molar-refractivity contribution < 1.29 is 33.4 Å². The smallest absolute Gasteiger partial charge is 0.303 e. The molecule has 3 saturated carbocycles. The molecule has 7 heteroatoms. The van der Waals surface area contributed by atoms with Gasteiger partial charge in [-0.1, -0.05) is 25.2 Å². The molecule has 0 aliphatic heterocycles. The van der Waals surface area contributed by atoms with E-state index < -0.39 is 58.1 Å². The number of aliphatic hydroxyl groups is 1. The fraction of sp³-hybridized carbons (Fsp3) is 0.583. The third-order valence-electron chi connectivity index (χ3n) is 8.41. The molecule has 4 rings (SSSR count). The van der Waals surface area contributed by atoms with Crippen LogP contribution in [-0.2, 0) is 23.9 Å². The van der Waals surface area contributed by atoms with E-state index in [2.05, 4.69) is 6.58 Å². The van der Waals surface area contributed by atoms with Gasteiger partial charge >= 0.3 is 5.97 Å². The molecule has 0 aromatic carbocycles. The van der Waals surface area contributed by atoms with Crippen LogP contribution in [0.5, 0.6) is 0 Å². The summed E-state index contributed by atoms with van der Waals surface area (Å²) in [6, 6.07) is 0. The first kappa shape index (κ1) is 21.8. The molecular weight excluding hydrogens is 403 g/mol. The van der Waals surface area contributed by atoms with Gasteiger partial charge in [0.25, 0.3) is 0 Å². The minimum atomic E-state index is -2.25. The number of alkyl halides is 1. The zero-order valence-electron chi connectivity index (χ0n) is 18.0. The number of allylic oxidation sites excluding steroid dienone is 4. The van der Waals surface area contributed by atoms with Crippen molar-refractivity contribution in [3.8, 4) is 0 Å². The van der Waals surface area contributed by atoms with Gasteiger partial charge in [0.2, 0.25) is 5.78 Å². The predicted octanol–water partition coefficient (Wildman–Crippen LogP) is 2.59. The van der Waals surface area contributed by atoms with Crippen LogP contribution >= 0.6 is 0 Å². The van der Waals surface area contributed by atoms with Gasteiger partial charge in [-0.05, 0) is 49.8 Å². The Labute approximate surface area is 180 Å². The Morgan fingerprint density at radius 3 is 2.61 bits per heavy atom. The molecule has 4 aliphatic rings. The summed E-state index contributed by atoms with van der Waals surface area (Å²) in [5.41, 5.74) is -6.01. The molecule has 0 spiro atoms. The highest BCUT2D eigenvalue weighted by atomic mass is 19.1. The van der Waals surface area contributed by atoms with Crippen LogP contribution in [0.25, 0.3) is 0 Å². The van der Waals surface area contributed by atoms with E-state index in [1.165, 1.54) is 18.2 Å². The lowest BCUT2D eigenvalue weighted by molar-refractivity contribution is -0.183. The van der Waals surface area contributed by atoms with Crippen molar-refractivity contribution in [2.24, 2.45) is 22.7 Å². The summed E-state index contributed by atoms with van der Waals surface area (Å²) >= 11 is 0. The number of rotatable bonds is 3. The summed E-state index contributed by atoms with van der Waals surface area (Å²) in [6.45, 7) is 7.70. The van der Waals surface area contributed by atoms with Crippen LogP contribution in [0, 0.1) is 22.7 Å². The van der Waals surface area contributed by atoms with E-state index in [0.29, 0.717) is 18.4 Å². The number of fused-ring (bicyclic) bond motifs is 5. The lowest BCUT2D eigenvalue weighted by atomic mass is 9.45. The summed E-state index contributed by atoms with van der Waals surface area (Å²) in [5, 5.41) is 11.5. The van der Waals surface area contributed by atoms with Crippen LogP contribution in [0.4, 0.5) is 4.39 Å². The van der Waals surface area contributed by atoms with E-state index in [-0.39, 0.29) is 24.2 Å². The molecule has 0 unspecified atom stereocenters. The van der Waals surface area contributed by atoms with E-state index >= 15 is 4.39 Å². The van der Waals surface area contributed by atoms with Gasteiger partial charge in [-0.25, -0.2) is 4.39 Å². The van der Waals surface area contributed by atoms with Crippen molar-refractivity contribution in [2.75, 3.05) is 6.61 Å². The second-order valence-corrected chi connectivity index (χ2v) is 9.81. The molecule has 6 nitrogen and oxygen atoms in total. The number of hydrogen-bond acceptors (Lipinski definition) is 6. The molecule has 0 bridgehead atoms. The molecule has 3 fully saturated rings. The lowest BCUT2D eigenvalue weighted by Gasteiger charge is -2.59. The normalized spacial score (nSPS) is 43.6. The van der Waals surface area contributed by atoms with Crippen LogP contribution in [0.3, 0.4) is 0 Å². The van der Waals surface area contributed by atoms with Gasteiger partial charge in [-0.15, -0.1) is 0 Å². The molecule has 0 heterocycles. The average molecular weight is 430 g/mol. The van der Waals surface area contributed by atoms with Gasteiger partial charge in [0.1, 0.15) is 0 Å². The van der Waals surface area contributed by atoms with Gasteiger partial charge in [-0.3, -0.25) is 19.2 Å². The largest absolute Gasteiger partial charge is 0.458 e. The highest BCUT2D eigenvalue weighted by molar-refractivity contribution is 6.03. The van der Waals surface area contributed by atoms with E-state index in [1.807, 2.05) is 0 Å². The number of esters is 1. The maximum atomic E-state index is 16.9. The highest BCUT2D eigenvalue weighted by Gasteiger charge is 2.75. The zero-order valence-corrected chi connectivity index (χ0v) is 18.0. The van der Waals surface area contributed by atoms with Gasteiger partial charge in [0, 0.05) is 30.1 Å². The summed E-state index contributed by atoms with van der Waals surface area (Å²) in [5.74, 6) is -3.56. The van der Waals surface area contributed by atoms with Crippen molar-refractivity contribution in [3.63, 3.8) is 0 Å². The molecule has 0 saturated heterocycles. The van der Waals surface area contributed by atoms with Crippen LogP contribution in [0.1, 0.15) is 46.5 Å². The molecule has 0 radical (unpaired) electrons. The number of ether oxygens (including phenoxy) is 1. The molecule has 0 aromatic heterocycles. The molecule has 6 atom stereocenters. The Kier molecular flexibility index (Phi) is 4.60. The van der Waals surface area contributed by atoms with Crippen molar-refractivity contribution in [3.05, 3.63) is 36.0 Å². The Balaban J connectivity index is 1.78. The lowest BCUT2D eigenvalue weighted by Crippen LogP contribution is -2.67. The fourth-order valence-corrected chi connectivity index (χ4v) is 6.69. The number of carbonyl (C=O) groups is 4. The van der Waals surface area contributed by atoms with E-state index in [4.69, 9.17) is 4.74 Å². The molecule has 1 N–H and O–H groups in total. The maximum absolute atomic E-state index is 16.9. The highest BCUT2D eigenvalue weighted by Crippen LogP contribution is 2.69. The van der Waals surface area contributed by atoms with Crippen LogP contribution in [0.15, 0.2) is 36.0 Å². The Bertz CT molecular complexity index is 994. The quantitative estimate of drug-likeness (QED) is 0.546. The second kappa shape index (κ2) is 6.55. The Morgan fingerprint density at radius 2 is 1.97 bits per heavy atom. The topological polar surface area (TPSA) is 97.7 Å². The third-order valence-corrected chi connectivity index (χ3v) is 8.41. The summed E-state index contributed by atoms with van der Waals surface area (Å²) in [6.07, 6.45) is 4.85. The zero-order chi connectivity index (χ0) is 23.0. The molecular formula is C24H27FO6. The van der Waals surface area contributed by atoms with Crippen LogP contribution < -0.4 is 0 Å². The fourth-order valence-electron chi connectivity index (χ4n) is 6.69. The molecule has 0 aromatic rings. The minimum absolute atomic E-state index is 0.195. The molecule has 31 heavy (non-hydrogen) atoms. The maximum Gasteiger partial charge on any atom is 0.303 e. The number of halogens is 1. The number of hydrogen-bond donors (Lipinski definition) is 1. The second-order valence-electron chi connectivity index (χ2n) is 9.81. The first-order valence-corrected chi connectivity index (χ1v) is 10.6. The monoisotopic (exact) mass is 430 g/mol. The Morgan fingerprint density at radius 1 is 1.29 bits per heavy atom. The van der Waals surface area contributed by atoms with Gasteiger partial charge in [-0.2, -0.15) is 0 Å². The number of Topliss-reactive ketones (excluding diaryl/α,β-unsaturated/α-hetero) is 2. The number of carbonyl (C=O) groups excluding carboxylic acids is 4. The average Bonchev–Trinajstić information content (AvgIpc) is 2.89. The standard InChI is InChI=1S/C24H27FO6/c1-13-9-18-17-6-5-15-10-16(27)7-8-21(15,3)23(17,25)19(28)11-22(18,4)24(13,30)20(29)12-31-14(2)26/h7-8,10,17-18,30H,1,5-6,9,11-12H2,2-4H3/t17-,18-,21-,22-,23-,24-/m0/s1. The van der Waals surface area contributed by atoms with Gasteiger partial charge in [0.15, 0.2) is 29.4 Å². The first-order chi connectivity index (χ1) is 14.3.